The summed E-state index contributed by atoms with van der Waals surface area (Å²) in [7, 11) is 0. The van der Waals surface area contributed by atoms with Crippen LogP contribution >= 0.6 is 11.3 Å². The third-order valence-corrected chi connectivity index (χ3v) is 4.09. The SMILES string of the molecule is Cc1ccsc1C(=O)c1ccc2c(c1)OCCCO2. The van der Waals surface area contributed by atoms with Crippen molar-refractivity contribution in [2.45, 2.75) is 13.3 Å². The molecule has 0 radical (unpaired) electrons. The molecule has 1 aliphatic heterocycles. The van der Waals surface area contributed by atoms with Crippen LogP contribution in [0.3, 0.4) is 0 Å². The van der Waals surface area contributed by atoms with Gasteiger partial charge in [-0.1, -0.05) is 0 Å². The predicted octanol–water partition coefficient (Wildman–Crippen LogP) is 3.45. The Labute approximate surface area is 115 Å². The highest BCUT2D eigenvalue weighted by molar-refractivity contribution is 7.12. The van der Waals surface area contributed by atoms with Gasteiger partial charge in [0.2, 0.25) is 5.78 Å². The first-order chi connectivity index (χ1) is 9.25. The van der Waals surface area contributed by atoms with Crippen LogP contribution in [0.5, 0.6) is 11.5 Å². The van der Waals surface area contributed by atoms with Gasteiger partial charge in [0.05, 0.1) is 18.1 Å². The first kappa shape index (κ1) is 12.2. The van der Waals surface area contributed by atoms with Gasteiger partial charge < -0.3 is 9.47 Å². The number of hydrogen-bond donors (Lipinski definition) is 0. The quantitative estimate of drug-likeness (QED) is 0.787. The lowest BCUT2D eigenvalue weighted by molar-refractivity contribution is 0.104. The average Bonchev–Trinajstić information content (AvgIpc) is 2.72. The summed E-state index contributed by atoms with van der Waals surface area (Å²) in [5.74, 6) is 1.43. The molecule has 0 aliphatic carbocycles. The Morgan fingerprint density at radius 3 is 2.68 bits per heavy atom. The molecule has 0 bridgehead atoms. The second kappa shape index (κ2) is 5.05. The Morgan fingerprint density at radius 1 is 1.16 bits per heavy atom. The summed E-state index contributed by atoms with van der Waals surface area (Å²) in [5.41, 5.74) is 1.66. The maximum absolute atomic E-state index is 12.4. The fraction of sp³-hybridized carbons (Fsp3) is 0.267. The van der Waals surface area contributed by atoms with Gasteiger partial charge in [-0.2, -0.15) is 0 Å². The van der Waals surface area contributed by atoms with E-state index in [2.05, 4.69) is 0 Å². The van der Waals surface area contributed by atoms with Crippen LogP contribution in [0.25, 0.3) is 0 Å². The van der Waals surface area contributed by atoms with Crippen LogP contribution in [0.1, 0.15) is 27.2 Å². The molecule has 98 valence electrons. The van der Waals surface area contributed by atoms with Crippen molar-refractivity contribution in [3.63, 3.8) is 0 Å². The number of benzene rings is 1. The summed E-state index contributed by atoms with van der Waals surface area (Å²) in [5, 5.41) is 1.94. The topological polar surface area (TPSA) is 35.5 Å². The van der Waals surface area contributed by atoms with Crippen LogP contribution in [-0.4, -0.2) is 19.0 Å². The van der Waals surface area contributed by atoms with Crippen molar-refractivity contribution < 1.29 is 14.3 Å². The molecule has 0 amide bonds. The highest BCUT2D eigenvalue weighted by Gasteiger charge is 2.17. The van der Waals surface area contributed by atoms with Crippen molar-refractivity contribution >= 4 is 17.1 Å². The van der Waals surface area contributed by atoms with Gasteiger partial charge in [0.25, 0.3) is 0 Å². The summed E-state index contributed by atoms with van der Waals surface area (Å²) in [6.45, 7) is 3.24. The summed E-state index contributed by atoms with van der Waals surface area (Å²) in [6.07, 6.45) is 0.863. The molecule has 0 spiro atoms. The Hall–Kier alpha value is -1.81. The summed E-state index contributed by atoms with van der Waals surface area (Å²) in [6, 6.07) is 7.36. The fourth-order valence-corrected chi connectivity index (χ4v) is 2.93. The van der Waals surface area contributed by atoms with Crippen LogP contribution in [0, 0.1) is 6.92 Å². The third kappa shape index (κ3) is 2.36. The number of carbonyl (C=O) groups excluding carboxylic acids is 1. The average molecular weight is 274 g/mol. The van der Waals surface area contributed by atoms with Gasteiger partial charge in [0.1, 0.15) is 0 Å². The van der Waals surface area contributed by atoms with E-state index in [1.807, 2.05) is 24.4 Å². The van der Waals surface area contributed by atoms with Gasteiger partial charge in [0.15, 0.2) is 11.5 Å². The van der Waals surface area contributed by atoms with Crippen LogP contribution in [-0.2, 0) is 0 Å². The molecule has 19 heavy (non-hydrogen) atoms. The van der Waals surface area contributed by atoms with E-state index in [1.54, 1.807) is 12.1 Å². The Bertz CT molecular complexity index is 616. The molecule has 1 aromatic carbocycles. The summed E-state index contributed by atoms with van der Waals surface area (Å²) >= 11 is 1.47. The largest absolute Gasteiger partial charge is 0.490 e. The molecule has 3 nitrogen and oxygen atoms in total. The first-order valence-electron chi connectivity index (χ1n) is 6.24. The number of ether oxygens (including phenoxy) is 2. The Morgan fingerprint density at radius 2 is 1.95 bits per heavy atom. The van der Waals surface area contributed by atoms with Crippen molar-refractivity contribution in [2.75, 3.05) is 13.2 Å². The highest BCUT2D eigenvalue weighted by Crippen LogP contribution is 2.32. The monoisotopic (exact) mass is 274 g/mol. The van der Waals surface area contributed by atoms with Crippen LogP contribution in [0.4, 0.5) is 0 Å². The molecule has 2 aromatic rings. The molecule has 1 aromatic heterocycles. The molecule has 3 rings (SSSR count). The number of aryl methyl sites for hydroxylation is 1. The van der Waals surface area contributed by atoms with E-state index in [0.717, 1.165) is 22.6 Å². The second-order valence-corrected chi connectivity index (χ2v) is 5.39. The highest BCUT2D eigenvalue weighted by atomic mass is 32.1. The zero-order valence-electron chi connectivity index (χ0n) is 10.6. The van der Waals surface area contributed by atoms with Crippen LogP contribution < -0.4 is 9.47 Å². The maximum atomic E-state index is 12.4. The lowest BCUT2D eigenvalue weighted by Crippen LogP contribution is -2.01. The van der Waals surface area contributed by atoms with Gasteiger partial charge in [0, 0.05) is 12.0 Å². The molecule has 0 atom stereocenters. The smallest absolute Gasteiger partial charge is 0.203 e. The first-order valence-corrected chi connectivity index (χ1v) is 7.12. The fourth-order valence-electron chi connectivity index (χ4n) is 2.04. The zero-order chi connectivity index (χ0) is 13.2. The standard InChI is InChI=1S/C15H14O3S/c1-10-5-8-19-15(10)14(16)11-3-4-12-13(9-11)18-7-2-6-17-12/h3-5,8-9H,2,6-7H2,1H3. The molecule has 0 saturated heterocycles. The molecule has 4 heteroatoms. The molecule has 0 unspecified atom stereocenters. The second-order valence-electron chi connectivity index (χ2n) is 4.47. The predicted molar refractivity (Wildman–Crippen MR) is 74.5 cm³/mol. The van der Waals surface area contributed by atoms with Gasteiger partial charge in [-0.05, 0) is 42.1 Å². The molecule has 2 heterocycles. The summed E-state index contributed by atoms with van der Waals surface area (Å²) < 4.78 is 11.2. The van der Waals surface area contributed by atoms with E-state index in [1.165, 1.54) is 11.3 Å². The number of rotatable bonds is 2. The van der Waals surface area contributed by atoms with Crippen LogP contribution in [0.2, 0.25) is 0 Å². The molecule has 0 saturated carbocycles. The van der Waals surface area contributed by atoms with Crippen molar-refractivity contribution in [3.05, 3.63) is 45.6 Å². The van der Waals surface area contributed by atoms with E-state index in [4.69, 9.17) is 9.47 Å². The van der Waals surface area contributed by atoms with E-state index < -0.39 is 0 Å². The number of carbonyl (C=O) groups is 1. The van der Waals surface area contributed by atoms with Crippen molar-refractivity contribution in [1.29, 1.82) is 0 Å². The number of ketones is 1. The minimum Gasteiger partial charge on any atom is -0.490 e. The molecule has 0 fully saturated rings. The van der Waals surface area contributed by atoms with Gasteiger partial charge in [-0.25, -0.2) is 0 Å². The maximum Gasteiger partial charge on any atom is 0.203 e. The Kier molecular flexibility index (Phi) is 3.25. The number of thiophene rings is 1. The van der Waals surface area contributed by atoms with Crippen molar-refractivity contribution in [1.82, 2.24) is 0 Å². The normalized spacial score (nSPS) is 13.9. The van der Waals surface area contributed by atoms with E-state index in [-0.39, 0.29) is 5.78 Å². The van der Waals surface area contributed by atoms with Gasteiger partial charge >= 0.3 is 0 Å². The number of hydrogen-bond acceptors (Lipinski definition) is 4. The van der Waals surface area contributed by atoms with Crippen molar-refractivity contribution in [2.24, 2.45) is 0 Å². The zero-order valence-corrected chi connectivity index (χ0v) is 11.5. The molecular formula is C15H14O3S. The summed E-state index contributed by atoms with van der Waals surface area (Å²) in [4.78, 5) is 13.2. The van der Waals surface area contributed by atoms with E-state index >= 15 is 0 Å². The Balaban J connectivity index is 1.96. The van der Waals surface area contributed by atoms with Gasteiger partial charge in [-0.3, -0.25) is 4.79 Å². The number of fused-ring (bicyclic) bond motifs is 1. The minimum absolute atomic E-state index is 0.0446. The minimum atomic E-state index is 0.0446. The van der Waals surface area contributed by atoms with E-state index in [9.17, 15) is 4.79 Å². The van der Waals surface area contributed by atoms with Crippen molar-refractivity contribution in [3.8, 4) is 11.5 Å². The molecular weight excluding hydrogens is 260 g/mol. The lowest BCUT2D eigenvalue weighted by Gasteiger charge is -2.08. The van der Waals surface area contributed by atoms with Crippen LogP contribution in [0.15, 0.2) is 29.6 Å². The lowest BCUT2D eigenvalue weighted by atomic mass is 10.1. The third-order valence-electron chi connectivity index (χ3n) is 3.08. The molecule has 0 N–H and O–H groups in total. The molecule has 1 aliphatic rings. The van der Waals surface area contributed by atoms with Gasteiger partial charge in [-0.15, -0.1) is 11.3 Å². The van der Waals surface area contributed by atoms with E-state index in [0.29, 0.717) is 24.5 Å².